The van der Waals surface area contributed by atoms with E-state index in [-0.39, 0.29) is 5.54 Å². The lowest BCUT2D eigenvalue weighted by Gasteiger charge is -2.29. The Bertz CT molecular complexity index is 494. The maximum Gasteiger partial charge on any atom is 0.0931 e. The average molecular weight is 280 g/mol. The minimum absolute atomic E-state index is 0.288. The highest BCUT2D eigenvalue weighted by atomic mass is 35.5. The maximum atomic E-state index is 6.63. The van der Waals surface area contributed by atoms with Crippen molar-refractivity contribution in [3.63, 3.8) is 0 Å². The van der Waals surface area contributed by atoms with E-state index in [0.717, 1.165) is 23.6 Å². The molecular weight excluding hydrogens is 262 g/mol. The molecule has 1 atom stereocenters. The lowest BCUT2D eigenvalue weighted by Crippen LogP contribution is -2.38. The van der Waals surface area contributed by atoms with Gasteiger partial charge in [-0.25, -0.2) is 0 Å². The van der Waals surface area contributed by atoms with Gasteiger partial charge < -0.3 is 5.73 Å². The Balaban J connectivity index is 2.26. The van der Waals surface area contributed by atoms with Crippen molar-refractivity contribution in [2.75, 3.05) is 0 Å². The third-order valence-corrected chi connectivity index (χ3v) is 4.39. The van der Waals surface area contributed by atoms with Crippen molar-refractivity contribution >= 4 is 22.9 Å². The fraction of sp³-hybridized carbons (Fsp3) is 0.333. The second-order valence-electron chi connectivity index (χ2n) is 4.65. The molecule has 0 aliphatic carbocycles. The first kappa shape index (κ1) is 13.6. The first-order valence-corrected chi connectivity index (χ1v) is 7.42. The molecule has 0 radical (unpaired) electrons. The first-order chi connectivity index (χ1) is 8.64. The molecule has 2 N–H and O–H groups in total. The summed E-state index contributed by atoms with van der Waals surface area (Å²) in [4.78, 5) is 1.25. The predicted octanol–water partition coefficient (Wildman–Crippen LogP) is 4.60. The zero-order chi connectivity index (χ0) is 13.0. The van der Waals surface area contributed by atoms with Gasteiger partial charge in [-0.2, -0.15) is 0 Å². The van der Waals surface area contributed by atoms with Crippen LogP contribution in [0, 0.1) is 0 Å². The van der Waals surface area contributed by atoms with E-state index in [1.54, 1.807) is 11.3 Å². The number of thiophene rings is 1. The normalized spacial score (nSPS) is 14.4. The molecule has 1 nitrogen and oxygen atoms in total. The van der Waals surface area contributed by atoms with Gasteiger partial charge in [-0.15, -0.1) is 11.3 Å². The van der Waals surface area contributed by atoms with Gasteiger partial charge in [0.2, 0.25) is 0 Å². The van der Waals surface area contributed by atoms with Gasteiger partial charge in [0.05, 0.1) is 4.34 Å². The summed E-state index contributed by atoms with van der Waals surface area (Å²) in [5, 5.41) is 0. The van der Waals surface area contributed by atoms with Crippen molar-refractivity contribution in [1.82, 2.24) is 0 Å². The van der Waals surface area contributed by atoms with Crippen LogP contribution in [0.15, 0.2) is 42.5 Å². The van der Waals surface area contributed by atoms with E-state index in [1.165, 1.54) is 10.4 Å². The fourth-order valence-corrected chi connectivity index (χ4v) is 3.52. The van der Waals surface area contributed by atoms with E-state index in [1.807, 2.05) is 24.3 Å². The van der Waals surface area contributed by atoms with Crippen LogP contribution in [-0.2, 0) is 12.0 Å². The Labute approximate surface area is 118 Å². The van der Waals surface area contributed by atoms with E-state index in [0.29, 0.717) is 0 Å². The molecule has 1 aromatic carbocycles. The van der Waals surface area contributed by atoms with Crippen molar-refractivity contribution in [3.8, 4) is 0 Å². The molecule has 0 saturated carbocycles. The van der Waals surface area contributed by atoms with Gasteiger partial charge in [0.15, 0.2) is 0 Å². The van der Waals surface area contributed by atoms with Crippen LogP contribution in [0.25, 0.3) is 0 Å². The predicted molar refractivity (Wildman–Crippen MR) is 80.2 cm³/mol. The van der Waals surface area contributed by atoms with Crippen molar-refractivity contribution in [1.29, 1.82) is 0 Å². The van der Waals surface area contributed by atoms with Crippen molar-refractivity contribution < 1.29 is 0 Å². The number of benzene rings is 1. The Morgan fingerprint density at radius 1 is 1.17 bits per heavy atom. The molecule has 0 fully saturated rings. The summed E-state index contributed by atoms with van der Waals surface area (Å²) in [5.41, 5.74) is 7.55. The minimum Gasteiger partial charge on any atom is -0.321 e. The number of rotatable bonds is 5. The third kappa shape index (κ3) is 3.14. The monoisotopic (exact) mass is 279 g/mol. The van der Waals surface area contributed by atoms with Crippen LogP contribution >= 0.6 is 22.9 Å². The molecule has 18 heavy (non-hydrogen) atoms. The van der Waals surface area contributed by atoms with E-state index >= 15 is 0 Å². The van der Waals surface area contributed by atoms with Gasteiger partial charge in [0.1, 0.15) is 0 Å². The van der Waals surface area contributed by atoms with Crippen LogP contribution in [0.3, 0.4) is 0 Å². The lowest BCUT2D eigenvalue weighted by atomic mass is 9.83. The quantitative estimate of drug-likeness (QED) is 0.851. The van der Waals surface area contributed by atoms with Crippen molar-refractivity contribution in [2.24, 2.45) is 5.73 Å². The van der Waals surface area contributed by atoms with Crippen molar-refractivity contribution in [3.05, 3.63) is 57.2 Å². The largest absolute Gasteiger partial charge is 0.321 e. The minimum atomic E-state index is -0.288. The molecule has 1 aromatic heterocycles. The van der Waals surface area contributed by atoms with Crippen LogP contribution in [0.1, 0.15) is 30.2 Å². The van der Waals surface area contributed by atoms with Crippen LogP contribution in [0.5, 0.6) is 0 Å². The molecule has 2 aromatic rings. The highest BCUT2D eigenvalue weighted by Gasteiger charge is 2.27. The van der Waals surface area contributed by atoms with Crippen LogP contribution in [0.2, 0.25) is 4.34 Å². The summed E-state index contributed by atoms with van der Waals surface area (Å²) in [6.45, 7) is 2.17. The topological polar surface area (TPSA) is 26.0 Å². The van der Waals surface area contributed by atoms with Gasteiger partial charge in [-0.3, -0.25) is 0 Å². The van der Waals surface area contributed by atoms with E-state index in [4.69, 9.17) is 17.3 Å². The summed E-state index contributed by atoms with van der Waals surface area (Å²) in [6, 6.07) is 14.4. The Morgan fingerprint density at radius 2 is 1.89 bits per heavy atom. The van der Waals surface area contributed by atoms with Crippen molar-refractivity contribution in [2.45, 2.75) is 31.7 Å². The number of nitrogens with two attached hydrogens (primary N) is 1. The summed E-state index contributed by atoms with van der Waals surface area (Å²) in [7, 11) is 0. The zero-order valence-corrected chi connectivity index (χ0v) is 12.1. The van der Waals surface area contributed by atoms with Gasteiger partial charge in [0, 0.05) is 16.8 Å². The summed E-state index contributed by atoms with van der Waals surface area (Å²) in [5.74, 6) is 0. The maximum absolute atomic E-state index is 6.63. The molecule has 0 bridgehead atoms. The standard InChI is InChI=1S/C15H18ClNS/c1-2-10-15(17,12-6-4-3-5-7-12)11-13-8-9-14(16)18-13/h3-9H,2,10-11,17H2,1H3. The number of halogens is 1. The molecular formula is C15H18ClNS. The molecule has 1 unspecified atom stereocenters. The second kappa shape index (κ2) is 5.87. The number of hydrogen-bond donors (Lipinski definition) is 1. The van der Waals surface area contributed by atoms with Crippen LogP contribution in [0.4, 0.5) is 0 Å². The first-order valence-electron chi connectivity index (χ1n) is 6.23. The molecule has 0 saturated heterocycles. The van der Waals surface area contributed by atoms with Crippen LogP contribution in [-0.4, -0.2) is 0 Å². The highest BCUT2D eigenvalue weighted by Crippen LogP contribution is 2.32. The molecule has 3 heteroatoms. The molecule has 2 rings (SSSR count). The summed E-state index contributed by atoms with van der Waals surface area (Å²) >= 11 is 7.61. The Morgan fingerprint density at radius 3 is 2.44 bits per heavy atom. The van der Waals surface area contributed by atoms with Gasteiger partial charge in [-0.05, 0) is 24.1 Å². The zero-order valence-electron chi connectivity index (χ0n) is 10.5. The fourth-order valence-electron chi connectivity index (χ4n) is 2.31. The molecule has 0 aliphatic heterocycles. The van der Waals surface area contributed by atoms with Gasteiger partial charge in [-0.1, -0.05) is 55.3 Å². The molecule has 1 heterocycles. The second-order valence-corrected chi connectivity index (χ2v) is 6.45. The SMILES string of the molecule is CCCC(N)(Cc1ccc(Cl)s1)c1ccccc1. The van der Waals surface area contributed by atoms with E-state index in [2.05, 4.69) is 25.1 Å². The molecule has 0 aliphatic rings. The molecule has 96 valence electrons. The third-order valence-electron chi connectivity index (χ3n) is 3.16. The lowest BCUT2D eigenvalue weighted by molar-refractivity contribution is 0.403. The Hall–Kier alpha value is -0.830. The van der Waals surface area contributed by atoms with Crippen LogP contribution < -0.4 is 5.73 Å². The smallest absolute Gasteiger partial charge is 0.0931 e. The average Bonchev–Trinajstić information content (AvgIpc) is 2.76. The van der Waals surface area contributed by atoms with Gasteiger partial charge in [0.25, 0.3) is 0 Å². The Kier molecular flexibility index (Phi) is 4.44. The summed E-state index contributed by atoms with van der Waals surface area (Å²) in [6.07, 6.45) is 2.90. The number of hydrogen-bond acceptors (Lipinski definition) is 2. The van der Waals surface area contributed by atoms with E-state index < -0.39 is 0 Å². The molecule has 0 amide bonds. The molecule has 0 spiro atoms. The van der Waals surface area contributed by atoms with E-state index in [9.17, 15) is 0 Å². The summed E-state index contributed by atoms with van der Waals surface area (Å²) < 4.78 is 0.830. The highest BCUT2D eigenvalue weighted by molar-refractivity contribution is 7.16. The van der Waals surface area contributed by atoms with Gasteiger partial charge >= 0.3 is 0 Å².